The van der Waals surface area contributed by atoms with E-state index in [0.717, 1.165) is 29.1 Å². The highest BCUT2D eigenvalue weighted by Gasteiger charge is 2.34. The number of Topliss-reactive ketones (excluding diaryl/α,β-unsaturated/α-hetero) is 1. The lowest BCUT2D eigenvalue weighted by Gasteiger charge is -2.30. The van der Waals surface area contributed by atoms with Crippen LogP contribution in [-0.4, -0.2) is 22.2 Å². The highest BCUT2D eigenvalue weighted by atomic mass is 16.2. The van der Waals surface area contributed by atoms with Crippen LogP contribution in [0.4, 0.5) is 5.69 Å². The molecule has 0 saturated heterocycles. The first-order valence-electron chi connectivity index (χ1n) is 10.2. The maximum Gasteiger partial charge on any atom is 0.255 e. The summed E-state index contributed by atoms with van der Waals surface area (Å²) in [6, 6.07) is 15.8. The molecule has 6 heteroatoms. The van der Waals surface area contributed by atoms with Crippen LogP contribution in [0.25, 0.3) is 5.69 Å². The molecule has 4 rings (SSSR count). The second-order valence-electron chi connectivity index (χ2n) is 8.84. The predicted octanol–water partition coefficient (Wildman–Crippen LogP) is 4.29. The number of benzene rings is 2. The summed E-state index contributed by atoms with van der Waals surface area (Å²) in [5.74, 6) is -0.820. The van der Waals surface area contributed by atoms with Gasteiger partial charge < -0.3 is 15.6 Å². The summed E-state index contributed by atoms with van der Waals surface area (Å²) in [5, 5.41) is 2.82. The van der Waals surface area contributed by atoms with Crippen LogP contribution < -0.4 is 11.1 Å². The van der Waals surface area contributed by atoms with Gasteiger partial charge in [-0.05, 0) is 55.2 Å². The number of anilines is 1. The van der Waals surface area contributed by atoms with E-state index in [4.69, 9.17) is 5.73 Å². The van der Waals surface area contributed by atoms with Crippen molar-refractivity contribution < 1.29 is 14.4 Å². The number of carbonyl (C=O) groups excluding carboxylic acids is 3. The number of nitrogens with one attached hydrogen (secondary N) is 1. The molecule has 1 aromatic heterocycles. The zero-order valence-electron chi connectivity index (χ0n) is 17.9. The molecule has 0 aliphatic heterocycles. The van der Waals surface area contributed by atoms with Gasteiger partial charge in [0.1, 0.15) is 0 Å². The topological polar surface area (TPSA) is 94.2 Å². The van der Waals surface area contributed by atoms with Crippen molar-refractivity contribution >= 4 is 23.3 Å². The number of nitrogens with zero attached hydrogens (tertiary/aromatic N) is 1. The van der Waals surface area contributed by atoms with E-state index in [1.807, 2.05) is 23.6 Å². The number of aryl methyl sites for hydroxylation is 1. The van der Waals surface area contributed by atoms with Crippen molar-refractivity contribution in [3.63, 3.8) is 0 Å². The maximum atomic E-state index is 12.7. The van der Waals surface area contributed by atoms with Crippen molar-refractivity contribution in [2.75, 3.05) is 5.32 Å². The number of amides is 2. The molecule has 0 unspecified atom stereocenters. The molecular weight excluding hydrogens is 390 g/mol. The Kier molecular flexibility index (Phi) is 5.01. The van der Waals surface area contributed by atoms with Gasteiger partial charge in [0.2, 0.25) is 0 Å². The molecule has 0 spiro atoms. The SMILES string of the molecule is Cc1cc2c(n1-c1ccc(C(N)=O)c(NC(=O)c3ccccc3)c1)CC(C)(C)CC2=O. The van der Waals surface area contributed by atoms with Gasteiger partial charge in [-0.1, -0.05) is 32.0 Å². The van der Waals surface area contributed by atoms with Crippen molar-refractivity contribution in [1.82, 2.24) is 4.57 Å². The Hall–Kier alpha value is -3.67. The molecule has 2 aromatic carbocycles. The third-order valence-corrected chi connectivity index (χ3v) is 5.68. The van der Waals surface area contributed by atoms with Gasteiger partial charge >= 0.3 is 0 Å². The summed E-state index contributed by atoms with van der Waals surface area (Å²) in [4.78, 5) is 37.4. The van der Waals surface area contributed by atoms with Crippen LogP contribution in [0.1, 0.15) is 62.7 Å². The number of aromatic nitrogens is 1. The molecule has 0 saturated carbocycles. The molecule has 0 bridgehead atoms. The highest BCUT2D eigenvalue weighted by Crippen LogP contribution is 2.38. The van der Waals surface area contributed by atoms with Crippen molar-refractivity contribution in [3.8, 4) is 5.69 Å². The first-order valence-corrected chi connectivity index (χ1v) is 10.2. The summed E-state index contributed by atoms with van der Waals surface area (Å²) >= 11 is 0. The van der Waals surface area contributed by atoms with Crippen molar-refractivity contribution in [2.45, 2.75) is 33.6 Å². The molecule has 6 nitrogen and oxygen atoms in total. The second kappa shape index (κ2) is 7.54. The Bertz CT molecular complexity index is 1210. The fourth-order valence-corrected chi connectivity index (χ4v) is 4.28. The summed E-state index contributed by atoms with van der Waals surface area (Å²) in [6.45, 7) is 6.12. The zero-order chi connectivity index (χ0) is 22.3. The fourth-order valence-electron chi connectivity index (χ4n) is 4.28. The van der Waals surface area contributed by atoms with Crippen LogP contribution in [0.3, 0.4) is 0 Å². The van der Waals surface area contributed by atoms with E-state index in [9.17, 15) is 14.4 Å². The number of primary amides is 1. The minimum absolute atomic E-state index is 0.135. The van der Waals surface area contributed by atoms with Crippen LogP contribution in [0.15, 0.2) is 54.6 Å². The smallest absolute Gasteiger partial charge is 0.255 e. The monoisotopic (exact) mass is 415 g/mol. The lowest BCUT2D eigenvalue weighted by molar-refractivity contribution is 0.0909. The normalized spacial score (nSPS) is 14.7. The summed E-state index contributed by atoms with van der Waals surface area (Å²) in [7, 11) is 0. The minimum atomic E-state index is -0.627. The summed E-state index contributed by atoms with van der Waals surface area (Å²) in [6.07, 6.45) is 1.27. The van der Waals surface area contributed by atoms with Gasteiger partial charge in [-0.3, -0.25) is 14.4 Å². The number of hydrogen-bond donors (Lipinski definition) is 2. The van der Waals surface area contributed by atoms with Gasteiger partial charge in [0.15, 0.2) is 5.78 Å². The van der Waals surface area contributed by atoms with Crippen LogP contribution in [-0.2, 0) is 6.42 Å². The first kappa shape index (κ1) is 20.6. The predicted molar refractivity (Wildman–Crippen MR) is 120 cm³/mol. The second-order valence-corrected chi connectivity index (χ2v) is 8.84. The van der Waals surface area contributed by atoms with Crippen LogP contribution in [0, 0.1) is 12.3 Å². The Morgan fingerprint density at radius 1 is 1.03 bits per heavy atom. The molecule has 1 aliphatic rings. The number of hydrogen-bond acceptors (Lipinski definition) is 3. The van der Waals surface area contributed by atoms with E-state index in [-0.39, 0.29) is 22.7 Å². The molecule has 3 aromatic rings. The average Bonchev–Trinajstić information content (AvgIpc) is 3.03. The Balaban J connectivity index is 1.80. The summed E-state index contributed by atoms with van der Waals surface area (Å²) in [5.41, 5.74) is 9.83. The maximum absolute atomic E-state index is 12.7. The van der Waals surface area contributed by atoms with E-state index < -0.39 is 5.91 Å². The van der Waals surface area contributed by atoms with Crippen molar-refractivity contribution in [3.05, 3.63) is 82.7 Å². The zero-order valence-corrected chi connectivity index (χ0v) is 17.9. The number of nitrogens with two attached hydrogens (primary N) is 1. The largest absolute Gasteiger partial charge is 0.366 e. The number of rotatable bonds is 4. The van der Waals surface area contributed by atoms with Gasteiger partial charge in [-0.2, -0.15) is 0 Å². The van der Waals surface area contributed by atoms with E-state index in [2.05, 4.69) is 19.2 Å². The van der Waals surface area contributed by atoms with Gasteiger partial charge in [0.05, 0.1) is 11.3 Å². The van der Waals surface area contributed by atoms with Crippen LogP contribution in [0.2, 0.25) is 0 Å². The first-order chi connectivity index (χ1) is 14.7. The molecule has 3 N–H and O–H groups in total. The van der Waals surface area contributed by atoms with Gasteiger partial charge in [0.25, 0.3) is 11.8 Å². The third-order valence-electron chi connectivity index (χ3n) is 5.68. The van der Waals surface area contributed by atoms with Crippen LogP contribution in [0.5, 0.6) is 0 Å². The van der Waals surface area contributed by atoms with Gasteiger partial charge in [-0.15, -0.1) is 0 Å². The van der Waals surface area contributed by atoms with Crippen molar-refractivity contribution in [2.24, 2.45) is 11.1 Å². The van der Waals surface area contributed by atoms with Gasteiger partial charge in [-0.25, -0.2) is 0 Å². The summed E-state index contributed by atoms with van der Waals surface area (Å²) < 4.78 is 2.02. The lowest BCUT2D eigenvalue weighted by atomic mass is 9.76. The molecule has 1 heterocycles. The molecule has 158 valence electrons. The Labute approximate surface area is 181 Å². The number of ketones is 1. The minimum Gasteiger partial charge on any atom is -0.366 e. The Morgan fingerprint density at radius 3 is 2.42 bits per heavy atom. The quantitative estimate of drug-likeness (QED) is 0.665. The molecule has 31 heavy (non-hydrogen) atoms. The molecular formula is C25H25N3O3. The van der Waals surface area contributed by atoms with E-state index in [0.29, 0.717) is 17.7 Å². The third kappa shape index (κ3) is 3.89. The lowest BCUT2D eigenvalue weighted by Crippen LogP contribution is -2.28. The average molecular weight is 415 g/mol. The number of carbonyl (C=O) groups is 3. The van der Waals surface area contributed by atoms with E-state index in [1.165, 1.54) is 0 Å². The molecule has 2 amide bonds. The van der Waals surface area contributed by atoms with E-state index in [1.54, 1.807) is 42.5 Å². The van der Waals surface area contributed by atoms with Crippen molar-refractivity contribution in [1.29, 1.82) is 0 Å². The molecule has 0 atom stereocenters. The number of fused-ring (bicyclic) bond motifs is 1. The van der Waals surface area contributed by atoms with Crippen LogP contribution >= 0.6 is 0 Å². The van der Waals surface area contributed by atoms with Gasteiger partial charge in [0, 0.05) is 34.6 Å². The molecule has 0 radical (unpaired) electrons. The highest BCUT2D eigenvalue weighted by molar-refractivity contribution is 6.09. The fraction of sp³-hybridized carbons (Fsp3) is 0.240. The molecule has 1 aliphatic carbocycles. The standard InChI is InChI=1S/C25H25N3O3/c1-15-11-19-21(13-25(2,3)14-22(19)29)28(15)17-9-10-18(23(26)30)20(12-17)27-24(31)16-7-5-4-6-8-16/h4-12H,13-14H2,1-3H3,(H2,26,30)(H,27,31). The molecule has 0 fully saturated rings. The van der Waals surface area contributed by atoms with E-state index >= 15 is 0 Å². The Morgan fingerprint density at radius 2 is 1.74 bits per heavy atom.